The average molecular weight is 390 g/mol. The standard InChI is InChI=1S/C18H35N3O2S2/c1-6-7-8-9-20-17(22)14-23-12-10-21-18(15(2)3)25-24-13-11-19-16(4)5/h15-16,18-19,21H,6,9-14H2,1-5H3,(H,20,22). The first-order valence-electron chi connectivity index (χ1n) is 9.02. The third kappa shape index (κ3) is 16.8. The molecular weight excluding hydrogens is 354 g/mol. The SMILES string of the molecule is CCC#CCNC(=O)COCCNC(SSCCNC(C)C)C(C)C. The lowest BCUT2D eigenvalue weighted by Gasteiger charge is -2.21. The number of ether oxygens (including phenoxy) is 1. The predicted molar refractivity (Wildman–Crippen MR) is 112 cm³/mol. The number of hydrogen-bond donors (Lipinski definition) is 3. The van der Waals surface area contributed by atoms with Crippen molar-refractivity contribution in [2.75, 3.05) is 38.6 Å². The van der Waals surface area contributed by atoms with Crippen molar-refractivity contribution in [3.05, 3.63) is 0 Å². The second-order valence-corrected chi connectivity index (χ2v) is 8.81. The van der Waals surface area contributed by atoms with Crippen molar-refractivity contribution < 1.29 is 9.53 Å². The maximum atomic E-state index is 11.5. The van der Waals surface area contributed by atoms with Crippen LogP contribution in [0.2, 0.25) is 0 Å². The van der Waals surface area contributed by atoms with Crippen LogP contribution in [0.25, 0.3) is 0 Å². The molecule has 0 aliphatic rings. The van der Waals surface area contributed by atoms with Gasteiger partial charge in [-0.1, -0.05) is 62.1 Å². The van der Waals surface area contributed by atoms with Crippen LogP contribution in [0, 0.1) is 17.8 Å². The molecule has 0 rings (SSSR count). The van der Waals surface area contributed by atoms with Gasteiger partial charge >= 0.3 is 0 Å². The highest BCUT2D eigenvalue weighted by atomic mass is 33.1. The number of amides is 1. The molecular formula is C18H35N3O2S2. The van der Waals surface area contributed by atoms with Gasteiger partial charge < -0.3 is 20.7 Å². The Balaban J connectivity index is 3.70. The molecule has 0 aromatic heterocycles. The van der Waals surface area contributed by atoms with Gasteiger partial charge in [0.2, 0.25) is 5.91 Å². The molecule has 0 fully saturated rings. The van der Waals surface area contributed by atoms with E-state index in [1.165, 1.54) is 0 Å². The van der Waals surface area contributed by atoms with Gasteiger partial charge in [-0.2, -0.15) is 0 Å². The quantitative estimate of drug-likeness (QED) is 0.184. The van der Waals surface area contributed by atoms with Gasteiger partial charge in [-0.15, -0.1) is 5.92 Å². The summed E-state index contributed by atoms with van der Waals surface area (Å²) in [5.74, 6) is 7.29. The Morgan fingerprint density at radius 3 is 2.52 bits per heavy atom. The second kappa shape index (κ2) is 17.0. The van der Waals surface area contributed by atoms with E-state index in [0.29, 0.717) is 30.5 Å². The lowest BCUT2D eigenvalue weighted by Crippen LogP contribution is -2.34. The zero-order valence-electron chi connectivity index (χ0n) is 16.3. The van der Waals surface area contributed by atoms with E-state index < -0.39 is 0 Å². The topological polar surface area (TPSA) is 62.4 Å². The van der Waals surface area contributed by atoms with Crippen LogP contribution >= 0.6 is 21.6 Å². The van der Waals surface area contributed by atoms with Crippen molar-refractivity contribution in [3.8, 4) is 11.8 Å². The summed E-state index contributed by atoms with van der Waals surface area (Å²) in [7, 11) is 3.76. The van der Waals surface area contributed by atoms with Crippen molar-refractivity contribution in [2.24, 2.45) is 5.92 Å². The predicted octanol–water partition coefficient (Wildman–Crippen LogP) is 2.48. The van der Waals surface area contributed by atoms with Gasteiger partial charge in [-0.05, 0) is 5.92 Å². The van der Waals surface area contributed by atoms with E-state index in [1.54, 1.807) is 0 Å². The summed E-state index contributed by atoms with van der Waals surface area (Å²) in [5.41, 5.74) is 0. The third-order valence-electron chi connectivity index (χ3n) is 3.02. The Bertz CT molecular complexity index is 396. The Morgan fingerprint density at radius 2 is 1.88 bits per heavy atom. The summed E-state index contributed by atoms with van der Waals surface area (Å²) in [6, 6.07) is 0.539. The Hall–Kier alpha value is -0.390. The van der Waals surface area contributed by atoms with E-state index in [-0.39, 0.29) is 12.5 Å². The van der Waals surface area contributed by atoms with Crippen molar-refractivity contribution in [2.45, 2.75) is 52.5 Å². The first-order chi connectivity index (χ1) is 12.0. The van der Waals surface area contributed by atoms with E-state index in [9.17, 15) is 4.79 Å². The molecule has 0 bridgehead atoms. The molecule has 0 aromatic rings. The molecule has 7 heteroatoms. The molecule has 1 unspecified atom stereocenters. The smallest absolute Gasteiger partial charge is 0.246 e. The highest BCUT2D eigenvalue weighted by Crippen LogP contribution is 2.29. The molecule has 25 heavy (non-hydrogen) atoms. The van der Waals surface area contributed by atoms with Crippen LogP contribution in [0.4, 0.5) is 0 Å². The zero-order chi connectivity index (χ0) is 18.9. The molecule has 0 aliphatic heterocycles. The molecule has 0 saturated heterocycles. The first kappa shape index (κ1) is 24.6. The van der Waals surface area contributed by atoms with Crippen LogP contribution in [0.1, 0.15) is 41.0 Å². The highest BCUT2D eigenvalue weighted by Gasteiger charge is 2.13. The molecule has 0 aromatic carbocycles. The molecule has 0 heterocycles. The number of carbonyl (C=O) groups is 1. The van der Waals surface area contributed by atoms with E-state index >= 15 is 0 Å². The zero-order valence-corrected chi connectivity index (χ0v) is 17.9. The van der Waals surface area contributed by atoms with Gasteiger partial charge in [-0.3, -0.25) is 4.79 Å². The average Bonchev–Trinajstić information content (AvgIpc) is 2.55. The van der Waals surface area contributed by atoms with Crippen LogP contribution in [-0.4, -0.2) is 55.9 Å². The summed E-state index contributed by atoms with van der Waals surface area (Å²) < 4.78 is 5.40. The number of rotatable bonds is 14. The lowest BCUT2D eigenvalue weighted by atomic mass is 10.2. The van der Waals surface area contributed by atoms with Crippen molar-refractivity contribution in [1.29, 1.82) is 0 Å². The van der Waals surface area contributed by atoms with Crippen LogP contribution < -0.4 is 16.0 Å². The molecule has 5 nitrogen and oxygen atoms in total. The largest absolute Gasteiger partial charge is 0.370 e. The summed E-state index contributed by atoms with van der Waals surface area (Å²) in [4.78, 5) is 11.5. The Kier molecular flexibility index (Phi) is 16.8. The molecule has 0 radical (unpaired) electrons. The molecule has 0 saturated carbocycles. The number of carbonyl (C=O) groups excluding carboxylic acids is 1. The summed E-state index contributed by atoms with van der Waals surface area (Å²) in [5, 5.41) is 10.0. The van der Waals surface area contributed by atoms with Crippen molar-refractivity contribution >= 4 is 27.5 Å². The fourth-order valence-corrected chi connectivity index (χ4v) is 4.41. The summed E-state index contributed by atoms with van der Waals surface area (Å²) >= 11 is 0. The van der Waals surface area contributed by atoms with Gasteiger partial charge in [0.15, 0.2) is 0 Å². The van der Waals surface area contributed by atoms with Crippen LogP contribution in [0.15, 0.2) is 0 Å². The van der Waals surface area contributed by atoms with E-state index in [2.05, 4.69) is 55.5 Å². The minimum absolute atomic E-state index is 0.0879. The Labute approximate surface area is 162 Å². The molecule has 0 spiro atoms. The monoisotopic (exact) mass is 389 g/mol. The molecule has 3 N–H and O–H groups in total. The molecule has 0 aliphatic carbocycles. The van der Waals surface area contributed by atoms with E-state index in [1.807, 2.05) is 28.5 Å². The van der Waals surface area contributed by atoms with Gasteiger partial charge in [0.05, 0.1) is 18.5 Å². The van der Waals surface area contributed by atoms with E-state index in [4.69, 9.17) is 4.74 Å². The maximum Gasteiger partial charge on any atom is 0.246 e. The van der Waals surface area contributed by atoms with Gasteiger partial charge in [0, 0.05) is 31.3 Å². The van der Waals surface area contributed by atoms with Crippen LogP contribution in [0.5, 0.6) is 0 Å². The molecule has 1 amide bonds. The number of hydrogen-bond acceptors (Lipinski definition) is 6. The fraction of sp³-hybridized carbons (Fsp3) is 0.833. The third-order valence-corrected chi connectivity index (χ3v) is 5.97. The number of nitrogens with one attached hydrogen (secondary N) is 3. The lowest BCUT2D eigenvalue weighted by molar-refractivity contribution is -0.125. The first-order valence-corrected chi connectivity index (χ1v) is 11.4. The second-order valence-electron chi connectivity index (χ2n) is 6.18. The minimum Gasteiger partial charge on any atom is -0.370 e. The maximum absolute atomic E-state index is 11.5. The van der Waals surface area contributed by atoms with Crippen molar-refractivity contribution in [1.82, 2.24) is 16.0 Å². The van der Waals surface area contributed by atoms with Crippen LogP contribution in [-0.2, 0) is 9.53 Å². The summed E-state index contributed by atoms with van der Waals surface area (Å²) in [6.45, 7) is 13.5. The van der Waals surface area contributed by atoms with Crippen molar-refractivity contribution in [3.63, 3.8) is 0 Å². The van der Waals surface area contributed by atoms with Gasteiger partial charge in [0.1, 0.15) is 6.61 Å². The molecule has 1 atom stereocenters. The van der Waals surface area contributed by atoms with E-state index in [0.717, 1.165) is 25.3 Å². The minimum atomic E-state index is -0.117. The van der Waals surface area contributed by atoms with Crippen LogP contribution in [0.3, 0.4) is 0 Å². The normalized spacial score (nSPS) is 12.1. The Morgan fingerprint density at radius 1 is 1.12 bits per heavy atom. The van der Waals surface area contributed by atoms with Gasteiger partial charge in [-0.25, -0.2) is 0 Å². The highest BCUT2D eigenvalue weighted by molar-refractivity contribution is 8.76. The molecule has 146 valence electrons. The fourth-order valence-electron chi connectivity index (χ4n) is 1.71. The summed E-state index contributed by atoms with van der Waals surface area (Å²) in [6.07, 6.45) is 0.805. The van der Waals surface area contributed by atoms with Gasteiger partial charge in [0.25, 0.3) is 0 Å².